The van der Waals surface area contributed by atoms with E-state index in [-0.39, 0.29) is 31.2 Å². The molecule has 0 radical (unpaired) electrons. The number of fused-ring (bicyclic) bond motifs is 1. The van der Waals surface area contributed by atoms with Gasteiger partial charge in [0.25, 0.3) is 0 Å². The van der Waals surface area contributed by atoms with Crippen molar-refractivity contribution in [2.75, 3.05) is 27.0 Å². The minimum Gasteiger partial charge on any atom is -0.497 e. The van der Waals surface area contributed by atoms with E-state index in [1.165, 1.54) is 0 Å². The largest absolute Gasteiger partial charge is 0.497 e. The van der Waals surface area contributed by atoms with Crippen LogP contribution < -0.4 is 19.5 Å². The van der Waals surface area contributed by atoms with Crippen molar-refractivity contribution >= 4 is 17.8 Å². The van der Waals surface area contributed by atoms with Gasteiger partial charge in [0.05, 0.1) is 25.6 Å². The van der Waals surface area contributed by atoms with E-state index in [2.05, 4.69) is 5.32 Å². The maximum absolute atomic E-state index is 13.3. The highest BCUT2D eigenvalue weighted by Crippen LogP contribution is 2.47. The Bertz CT molecular complexity index is 1480. The topological polar surface area (TPSA) is 135 Å². The summed E-state index contributed by atoms with van der Waals surface area (Å²) in [6, 6.07) is 22.2. The summed E-state index contributed by atoms with van der Waals surface area (Å²) in [5, 5.41) is 20.7. The Morgan fingerprint density at radius 1 is 0.978 bits per heavy atom. The van der Waals surface area contributed by atoms with Gasteiger partial charge >= 0.3 is 18.1 Å². The van der Waals surface area contributed by atoms with Crippen LogP contribution in [0, 0.1) is 5.92 Å². The van der Waals surface area contributed by atoms with Crippen LogP contribution in [0.1, 0.15) is 48.0 Å². The van der Waals surface area contributed by atoms with Crippen LogP contribution in [0.15, 0.2) is 72.8 Å². The van der Waals surface area contributed by atoms with Crippen molar-refractivity contribution < 1.29 is 52.0 Å². The molecule has 0 aromatic heterocycles. The Kier molecular flexibility index (Phi) is 10.6. The van der Waals surface area contributed by atoms with Crippen LogP contribution >= 0.6 is 0 Å². The van der Waals surface area contributed by atoms with Gasteiger partial charge in [0.1, 0.15) is 5.75 Å². The zero-order valence-corrected chi connectivity index (χ0v) is 24.5. The number of ether oxygens (including phenoxy) is 3. The number of likely N-dealkylation sites (tertiary alicyclic amines) is 1. The van der Waals surface area contributed by atoms with Crippen molar-refractivity contribution in [3.05, 3.63) is 89.5 Å². The van der Waals surface area contributed by atoms with Crippen LogP contribution in [0.4, 0.5) is 13.2 Å². The van der Waals surface area contributed by atoms with Crippen molar-refractivity contribution in [1.82, 2.24) is 10.2 Å². The predicted molar refractivity (Wildman–Crippen MR) is 155 cm³/mol. The van der Waals surface area contributed by atoms with E-state index < -0.39 is 30.1 Å². The maximum atomic E-state index is 13.3. The number of alkyl halides is 3. The van der Waals surface area contributed by atoms with Gasteiger partial charge in [-0.2, -0.15) is 13.2 Å². The fraction of sp³-hybridized carbons (Fsp3) is 0.344. The minimum atomic E-state index is -5.08. The highest BCUT2D eigenvalue weighted by atomic mass is 19.4. The molecule has 1 saturated heterocycles. The summed E-state index contributed by atoms with van der Waals surface area (Å²) in [5.41, 5.74) is 2.71. The van der Waals surface area contributed by atoms with Gasteiger partial charge in [-0.05, 0) is 47.4 Å². The fourth-order valence-corrected chi connectivity index (χ4v) is 5.60. The number of carbonyl (C=O) groups excluding carboxylic acids is 1. The van der Waals surface area contributed by atoms with Crippen molar-refractivity contribution in [3.8, 4) is 17.2 Å². The first-order chi connectivity index (χ1) is 21.4. The highest BCUT2D eigenvalue weighted by Gasteiger charge is 2.48. The Hall–Kier alpha value is -4.78. The maximum Gasteiger partial charge on any atom is 0.490 e. The summed E-state index contributed by atoms with van der Waals surface area (Å²) in [5.74, 6) is -2.99. The lowest BCUT2D eigenvalue weighted by molar-refractivity contribution is -0.192. The Balaban J connectivity index is 0.000000591. The number of benzene rings is 3. The van der Waals surface area contributed by atoms with E-state index in [1.807, 2.05) is 84.6 Å². The molecule has 2 heterocycles. The van der Waals surface area contributed by atoms with E-state index in [1.54, 1.807) is 7.11 Å². The molecule has 3 aromatic carbocycles. The van der Waals surface area contributed by atoms with Crippen molar-refractivity contribution in [3.63, 3.8) is 0 Å². The number of amides is 1. The second-order valence-corrected chi connectivity index (χ2v) is 10.5. The number of nitrogens with zero attached hydrogens (tertiary/aromatic N) is 1. The van der Waals surface area contributed by atoms with E-state index in [0.29, 0.717) is 23.8 Å². The molecular weight excluding hydrogens is 597 g/mol. The first-order valence-electron chi connectivity index (χ1n) is 14.1. The lowest BCUT2D eigenvalue weighted by Crippen LogP contribution is -2.39. The summed E-state index contributed by atoms with van der Waals surface area (Å²) >= 11 is 0. The lowest BCUT2D eigenvalue weighted by atomic mass is 9.82. The molecule has 10 nitrogen and oxygen atoms in total. The number of rotatable bonds is 9. The number of nitrogens with one attached hydrogen (secondary N) is 1. The third-order valence-corrected chi connectivity index (χ3v) is 7.70. The molecule has 2 aliphatic rings. The second-order valence-electron chi connectivity index (χ2n) is 10.5. The standard InChI is InChI=1S/C30H32N2O6.C2HF3O2/c1-3-24(19-7-5-4-6-8-19)31-27(33)17-32-16-23(21-11-14-25-26(15-21)38-18-37-25)28(30(34)35)29(32)20-9-12-22(36-2)13-10-20;3-2(4,5)1(6)7/h4-15,23-24,28-29H,3,16-18H2,1-2H3,(H,31,33)(H,34,35);(H,6,7)/t23-,24?,28-,29+;/m1./s1. The summed E-state index contributed by atoms with van der Waals surface area (Å²) in [4.78, 5) is 37.0. The molecule has 13 heteroatoms. The average Bonchev–Trinajstić information content (AvgIpc) is 3.64. The predicted octanol–water partition coefficient (Wildman–Crippen LogP) is 5.17. The molecule has 0 aliphatic carbocycles. The van der Waals surface area contributed by atoms with Gasteiger partial charge in [-0.15, -0.1) is 0 Å². The number of aliphatic carboxylic acids is 2. The van der Waals surface area contributed by atoms with Gasteiger partial charge < -0.3 is 29.7 Å². The molecular formula is C32H33F3N2O8. The molecule has 5 rings (SSSR count). The highest BCUT2D eigenvalue weighted by molar-refractivity contribution is 5.79. The molecule has 1 amide bonds. The minimum absolute atomic E-state index is 0.0743. The number of carboxylic acids is 2. The van der Waals surface area contributed by atoms with Gasteiger partial charge in [0.15, 0.2) is 11.5 Å². The summed E-state index contributed by atoms with van der Waals surface area (Å²) in [6.07, 6.45) is -4.34. The molecule has 1 fully saturated rings. The quantitative estimate of drug-likeness (QED) is 0.293. The van der Waals surface area contributed by atoms with Gasteiger partial charge in [-0.25, -0.2) is 4.79 Å². The molecule has 45 heavy (non-hydrogen) atoms. The van der Waals surface area contributed by atoms with E-state index in [0.717, 1.165) is 23.1 Å². The van der Waals surface area contributed by atoms with Crippen molar-refractivity contribution in [2.24, 2.45) is 5.92 Å². The van der Waals surface area contributed by atoms with Gasteiger partial charge in [-0.3, -0.25) is 14.5 Å². The normalized spacial score (nSPS) is 19.6. The van der Waals surface area contributed by atoms with Crippen LogP contribution in [0.5, 0.6) is 17.2 Å². The lowest BCUT2D eigenvalue weighted by Gasteiger charge is -2.28. The fourth-order valence-electron chi connectivity index (χ4n) is 5.60. The third-order valence-electron chi connectivity index (χ3n) is 7.70. The number of hydrogen-bond acceptors (Lipinski definition) is 7. The van der Waals surface area contributed by atoms with Crippen molar-refractivity contribution in [2.45, 2.75) is 37.5 Å². The number of carbonyl (C=O) groups is 3. The van der Waals surface area contributed by atoms with Gasteiger partial charge in [0, 0.05) is 18.5 Å². The van der Waals surface area contributed by atoms with Crippen LogP contribution in [0.3, 0.4) is 0 Å². The zero-order chi connectivity index (χ0) is 32.7. The van der Waals surface area contributed by atoms with Crippen LogP contribution in [0.2, 0.25) is 0 Å². The van der Waals surface area contributed by atoms with E-state index in [4.69, 9.17) is 24.1 Å². The second kappa shape index (κ2) is 14.3. The Labute approximate surface area is 257 Å². The Morgan fingerprint density at radius 3 is 2.18 bits per heavy atom. The molecule has 0 bridgehead atoms. The number of carboxylic acid groups (broad SMARTS) is 2. The van der Waals surface area contributed by atoms with Crippen LogP contribution in [-0.4, -0.2) is 66.1 Å². The molecule has 2 aliphatic heterocycles. The zero-order valence-electron chi connectivity index (χ0n) is 24.5. The molecule has 4 atom stereocenters. The number of hydrogen-bond donors (Lipinski definition) is 3. The smallest absolute Gasteiger partial charge is 0.490 e. The van der Waals surface area contributed by atoms with Crippen LogP contribution in [0.25, 0.3) is 0 Å². The molecule has 3 N–H and O–H groups in total. The number of halogens is 3. The van der Waals surface area contributed by atoms with Gasteiger partial charge in [0.2, 0.25) is 12.7 Å². The molecule has 0 spiro atoms. The van der Waals surface area contributed by atoms with E-state index in [9.17, 15) is 27.9 Å². The Morgan fingerprint density at radius 2 is 1.60 bits per heavy atom. The summed E-state index contributed by atoms with van der Waals surface area (Å²) in [6.45, 7) is 2.66. The average molecular weight is 631 g/mol. The molecule has 3 aromatic rings. The first kappa shape index (κ1) is 33.1. The van der Waals surface area contributed by atoms with Gasteiger partial charge in [-0.1, -0.05) is 55.5 Å². The molecule has 0 saturated carbocycles. The number of methoxy groups -OCH3 is 1. The van der Waals surface area contributed by atoms with Crippen LogP contribution in [-0.2, 0) is 14.4 Å². The SMILES string of the molecule is CCC(NC(=O)CN1C[C@H](c2ccc3c(c2)OCO3)[C@@H](C(=O)O)[C@@H]1c1ccc(OC)cc1)c1ccccc1.O=C(O)C(F)(F)F. The molecule has 240 valence electrons. The third kappa shape index (κ3) is 8.04. The summed E-state index contributed by atoms with van der Waals surface area (Å²) < 4.78 is 48.1. The summed E-state index contributed by atoms with van der Waals surface area (Å²) in [7, 11) is 1.59. The molecule has 1 unspecified atom stereocenters. The monoisotopic (exact) mass is 630 g/mol. The van der Waals surface area contributed by atoms with E-state index >= 15 is 0 Å². The van der Waals surface area contributed by atoms with Crippen molar-refractivity contribution in [1.29, 1.82) is 0 Å². The first-order valence-corrected chi connectivity index (χ1v) is 14.1.